The molecule has 1 heterocycles. The van der Waals surface area contributed by atoms with Gasteiger partial charge in [-0.25, -0.2) is 0 Å². The molecule has 19 heavy (non-hydrogen) atoms. The minimum Gasteiger partial charge on any atom is -0.497 e. The largest absolute Gasteiger partial charge is 0.497 e. The maximum Gasteiger partial charge on any atom is 0.254 e. The average Bonchev–Trinajstić information content (AvgIpc) is 2.84. The maximum atomic E-state index is 12.2. The first-order valence-corrected chi connectivity index (χ1v) is 7.68. The lowest BCUT2D eigenvalue weighted by atomic mass is 10.2. The fourth-order valence-corrected chi connectivity index (χ4v) is 3.08. The third-order valence-electron chi connectivity index (χ3n) is 2.72. The van der Waals surface area contributed by atoms with E-state index < -0.39 is 0 Å². The molecule has 5 heteroatoms. The molecule has 0 saturated carbocycles. The van der Waals surface area contributed by atoms with Crippen molar-refractivity contribution < 1.29 is 9.53 Å². The van der Waals surface area contributed by atoms with Gasteiger partial charge in [0.1, 0.15) is 5.75 Å². The molecular formula is C14H14INO2S. The van der Waals surface area contributed by atoms with Crippen LogP contribution < -0.4 is 4.74 Å². The van der Waals surface area contributed by atoms with Gasteiger partial charge in [0.15, 0.2) is 0 Å². The van der Waals surface area contributed by atoms with E-state index >= 15 is 0 Å². The second-order valence-electron chi connectivity index (χ2n) is 4.15. The number of amides is 1. The van der Waals surface area contributed by atoms with Crippen LogP contribution in [0.1, 0.15) is 15.9 Å². The van der Waals surface area contributed by atoms with Crippen molar-refractivity contribution in [3.05, 3.63) is 49.7 Å². The van der Waals surface area contributed by atoms with Crippen LogP contribution in [0.2, 0.25) is 0 Å². The predicted octanol–water partition coefficient (Wildman–Crippen LogP) is 3.63. The molecule has 2 rings (SSSR count). The van der Waals surface area contributed by atoms with Crippen molar-refractivity contribution in [2.75, 3.05) is 14.2 Å². The molecular weight excluding hydrogens is 373 g/mol. The summed E-state index contributed by atoms with van der Waals surface area (Å²) in [6.45, 7) is 0.572. The molecule has 0 N–H and O–H groups in total. The number of rotatable bonds is 4. The first-order valence-electron chi connectivity index (χ1n) is 5.72. The quantitative estimate of drug-likeness (QED) is 0.750. The second kappa shape index (κ2) is 6.38. The summed E-state index contributed by atoms with van der Waals surface area (Å²) in [5.74, 6) is 0.852. The molecule has 3 nitrogen and oxygen atoms in total. The summed E-state index contributed by atoms with van der Waals surface area (Å²) in [6.07, 6.45) is 0. The van der Waals surface area contributed by atoms with Crippen LogP contribution in [0.15, 0.2) is 35.7 Å². The summed E-state index contributed by atoms with van der Waals surface area (Å²) in [5.41, 5.74) is 1.81. The SMILES string of the molecule is COc1cccc(CN(C)C(=O)c2csc(I)c2)c1. The van der Waals surface area contributed by atoms with Crippen molar-refractivity contribution in [2.45, 2.75) is 6.54 Å². The van der Waals surface area contributed by atoms with Crippen LogP contribution in [-0.2, 0) is 6.54 Å². The molecule has 0 aliphatic rings. The maximum absolute atomic E-state index is 12.2. The summed E-state index contributed by atoms with van der Waals surface area (Å²) in [5, 5.41) is 1.90. The van der Waals surface area contributed by atoms with Crippen molar-refractivity contribution in [2.24, 2.45) is 0 Å². The van der Waals surface area contributed by atoms with Crippen LogP contribution >= 0.6 is 33.9 Å². The monoisotopic (exact) mass is 387 g/mol. The zero-order valence-electron chi connectivity index (χ0n) is 10.7. The van der Waals surface area contributed by atoms with E-state index in [9.17, 15) is 4.79 Å². The van der Waals surface area contributed by atoms with Gasteiger partial charge in [0, 0.05) is 19.0 Å². The van der Waals surface area contributed by atoms with Gasteiger partial charge >= 0.3 is 0 Å². The molecule has 0 spiro atoms. The molecule has 1 aromatic carbocycles. The number of hydrogen-bond acceptors (Lipinski definition) is 3. The number of benzene rings is 1. The molecule has 0 saturated heterocycles. The molecule has 0 unspecified atom stereocenters. The number of carbonyl (C=O) groups excluding carboxylic acids is 1. The number of nitrogens with zero attached hydrogens (tertiary/aromatic N) is 1. The molecule has 0 atom stereocenters. The highest BCUT2D eigenvalue weighted by Crippen LogP contribution is 2.19. The van der Waals surface area contributed by atoms with E-state index in [1.165, 1.54) is 0 Å². The van der Waals surface area contributed by atoms with Gasteiger partial charge in [-0.05, 0) is 46.4 Å². The highest BCUT2D eigenvalue weighted by atomic mass is 127. The van der Waals surface area contributed by atoms with Gasteiger partial charge in [-0.3, -0.25) is 4.79 Å². The number of thiophene rings is 1. The van der Waals surface area contributed by atoms with E-state index in [4.69, 9.17) is 4.74 Å². The number of halogens is 1. The van der Waals surface area contributed by atoms with Crippen molar-refractivity contribution in [1.29, 1.82) is 0 Å². The Morgan fingerprint density at radius 3 is 2.84 bits per heavy atom. The number of hydrogen-bond donors (Lipinski definition) is 0. The Hall–Kier alpha value is -1.08. The third kappa shape index (κ3) is 3.70. The van der Waals surface area contributed by atoms with Gasteiger partial charge in [0.2, 0.25) is 0 Å². The van der Waals surface area contributed by atoms with Gasteiger partial charge in [-0.2, -0.15) is 0 Å². The van der Waals surface area contributed by atoms with Crippen LogP contribution in [0.25, 0.3) is 0 Å². The molecule has 1 amide bonds. The smallest absolute Gasteiger partial charge is 0.254 e. The molecule has 1 aromatic heterocycles. The van der Waals surface area contributed by atoms with Crippen LogP contribution in [0, 0.1) is 2.88 Å². The normalized spacial score (nSPS) is 10.3. The molecule has 2 aromatic rings. The minimum atomic E-state index is 0.0435. The molecule has 0 aliphatic heterocycles. The van der Waals surface area contributed by atoms with Crippen LogP contribution in [0.3, 0.4) is 0 Å². The van der Waals surface area contributed by atoms with E-state index in [-0.39, 0.29) is 5.91 Å². The highest BCUT2D eigenvalue weighted by Gasteiger charge is 2.13. The van der Waals surface area contributed by atoms with E-state index in [1.54, 1.807) is 23.3 Å². The van der Waals surface area contributed by atoms with Crippen molar-refractivity contribution in [3.8, 4) is 5.75 Å². The Kier molecular flexibility index (Phi) is 4.81. The molecule has 0 radical (unpaired) electrons. The van der Waals surface area contributed by atoms with E-state index in [0.29, 0.717) is 6.54 Å². The van der Waals surface area contributed by atoms with Gasteiger partial charge in [-0.15, -0.1) is 11.3 Å². The van der Waals surface area contributed by atoms with Gasteiger partial charge < -0.3 is 9.64 Å². The number of carbonyl (C=O) groups is 1. The predicted molar refractivity (Wildman–Crippen MR) is 85.8 cm³/mol. The first kappa shape index (κ1) is 14.3. The fourth-order valence-electron chi connectivity index (χ4n) is 1.76. The standard InChI is InChI=1S/C14H14INO2S/c1-16(14(17)11-7-13(15)19-9-11)8-10-4-3-5-12(6-10)18-2/h3-7,9H,8H2,1-2H3. The van der Waals surface area contributed by atoms with E-state index in [0.717, 1.165) is 19.8 Å². The second-order valence-corrected chi connectivity index (χ2v) is 6.96. The summed E-state index contributed by atoms with van der Waals surface area (Å²) in [6, 6.07) is 9.67. The Morgan fingerprint density at radius 1 is 1.42 bits per heavy atom. The minimum absolute atomic E-state index is 0.0435. The summed E-state index contributed by atoms with van der Waals surface area (Å²) >= 11 is 3.80. The van der Waals surface area contributed by atoms with Crippen molar-refractivity contribution in [3.63, 3.8) is 0 Å². The lowest BCUT2D eigenvalue weighted by Crippen LogP contribution is -2.25. The Morgan fingerprint density at radius 2 is 2.21 bits per heavy atom. The van der Waals surface area contributed by atoms with E-state index in [1.807, 2.05) is 42.8 Å². The molecule has 100 valence electrons. The first-order chi connectivity index (χ1) is 9.10. The third-order valence-corrected chi connectivity index (χ3v) is 4.50. The number of ether oxygens (including phenoxy) is 1. The fraction of sp³-hybridized carbons (Fsp3) is 0.214. The summed E-state index contributed by atoms with van der Waals surface area (Å²) in [7, 11) is 3.45. The number of methoxy groups -OCH3 is 1. The van der Waals surface area contributed by atoms with Crippen molar-refractivity contribution in [1.82, 2.24) is 4.90 Å². The summed E-state index contributed by atoms with van der Waals surface area (Å²) in [4.78, 5) is 13.9. The van der Waals surface area contributed by atoms with Gasteiger partial charge in [0.05, 0.1) is 15.6 Å². The Balaban J connectivity index is 2.07. The molecule has 0 aliphatic carbocycles. The van der Waals surface area contributed by atoms with Crippen molar-refractivity contribution >= 4 is 39.8 Å². The molecule has 0 bridgehead atoms. The Labute approximate surface area is 130 Å². The topological polar surface area (TPSA) is 29.5 Å². The lowest BCUT2D eigenvalue weighted by molar-refractivity contribution is 0.0785. The lowest BCUT2D eigenvalue weighted by Gasteiger charge is -2.17. The van der Waals surface area contributed by atoms with Gasteiger partial charge in [0.25, 0.3) is 5.91 Å². The van der Waals surface area contributed by atoms with Gasteiger partial charge in [-0.1, -0.05) is 12.1 Å². The average molecular weight is 387 g/mol. The van der Waals surface area contributed by atoms with Crippen LogP contribution in [0.4, 0.5) is 0 Å². The summed E-state index contributed by atoms with van der Waals surface area (Å²) < 4.78 is 6.30. The molecule has 0 fully saturated rings. The zero-order valence-corrected chi connectivity index (χ0v) is 13.7. The zero-order chi connectivity index (χ0) is 13.8. The highest BCUT2D eigenvalue weighted by molar-refractivity contribution is 14.1. The Bertz CT molecular complexity index is 582. The van der Waals surface area contributed by atoms with Crippen LogP contribution in [-0.4, -0.2) is 25.0 Å². The van der Waals surface area contributed by atoms with Crippen LogP contribution in [0.5, 0.6) is 5.75 Å². The van der Waals surface area contributed by atoms with E-state index in [2.05, 4.69) is 22.6 Å².